The van der Waals surface area contributed by atoms with E-state index in [1.54, 1.807) is 30.4 Å². The van der Waals surface area contributed by atoms with Crippen LogP contribution in [-0.2, 0) is 28.9 Å². The Morgan fingerprint density at radius 1 is 0.492 bits per heavy atom. The molecule has 14 aliphatic rings. The molecule has 0 bridgehead atoms. The number of allylic oxidation sites excluding steroid dienone is 10. The lowest BCUT2D eigenvalue weighted by atomic mass is 9.33. The molecule has 10 fully saturated rings. The molecule has 2 saturated heterocycles. The van der Waals surface area contributed by atoms with Crippen molar-refractivity contribution in [2.24, 2.45) is 119 Å². The van der Waals surface area contributed by atoms with Crippen LogP contribution in [0.4, 0.5) is 0 Å². The normalized spacial score (nSPS) is 41.0. The van der Waals surface area contributed by atoms with Crippen molar-refractivity contribution in [1.29, 1.82) is 0 Å². The van der Waals surface area contributed by atoms with Crippen LogP contribution in [0.5, 0.6) is 11.5 Å². The van der Waals surface area contributed by atoms with Crippen LogP contribution in [0.25, 0.3) is 0 Å². The monoisotopic (exact) mass is 1640 g/mol. The summed E-state index contributed by atoms with van der Waals surface area (Å²) in [5, 5.41) is 8.63. The van der Waals surface area contributed by atoms with Gasteiger partial charge in [-0.3, -0.25) is 19.6 Å². The molecule has 2 aliphatic heterocycles. The van der Waals surface area contributed by atoms with Gasteiger partial charge in [0, 0.05) is 62.7 Å². The van der Waals surface area contributed by atoms with Crippen LogP contribution >= 0.6 is 0 Å². The highest BCUT2D eigenvalue weighted by Gasteiger charge is 2.73. The Morgan fingerprint density at radius 3 is 1.29 bits per heavy atom. The van der Waals surface area contributed by atoms with Crippen molar-refractivity contribution >= 4 is 21.8 Å². The number of rotatable bonds is 23. The van der Waals surface area contributed by atoms with E-state index in [-0.39, 0.29) is 55.5 Å². The van der Waals surface area contributed by atoms with Gasteiger partial charge in [0.2, 0.25) is 0 Å². The first kappa shape index (κ1) is 88.0. The lowest BCUT2D eigenvalue weighted by Crippen LogP contribution is -2.68. The third kappa shape index (κ3) is 15.2. The molecule has 4 heterocycles. The number of fused-ring (bicyclic) bond motifs is 14. The number of nitrogens with zero attached hydrogens (tertiary/aromatic N) is 4. The zero-order chi connectivity index (χ0) is 83.9. The Morgan fingerprint density at radius 2 is 0.915 bits per heavy atom. The minimum absolute atomic E-state index is 0.0364. The number of likely N-dealkylation sites (tertiary alicyclic amines) is 1. The SMILES string of the molecule is C=C(C)[C@@H]1CC[C@]2(NCCN3CCC(CC)CC3)CC[C@]3(C)[C@H](CC[C@@H]4[C@@]5(C)CC=C(C6=CCC(COc7cccnc7)(C(=O)OCC)CC6)C(C)(C)[C@@H]5CC[C@]43C)[C@@H]12.C=C(C)[C@@H]1CC[C@]2(NCCN3CCS(=O)(=O)CC3)CC[C@]3(C)[C@H](CC[C@@H]4[C@@]5(C)CC=C(C6=CCC(COc7cccnc7)(C(=O)OCC)CC6)C(C)(C)[C@@H]5CC[C@]43C)[C@@H]12. The van der Waals surface area contributed by atoms with Gasteiger partial charge in [-0.2, -0.15) is 0 Å². The molecule has 12 aliphatic carbocycles. The molecule has 0 amide bonds. The maximum Gasteiger partial charge on any atom is 0.315 e. The summed E-state index contributed by atoms with van der Waals surface area (Å²) in [6.07, 6.45) is 48.8. The molecular formula is C103H156N6O8S. The highest BCUT2D eigenvalue weighted by Crippen LogP contribution is 2.79. The molecule has 20 atom stereocenters. The maximum atomic E-state index is 13.6. The smallest absolute Gasteiger partial charge is 0.315 e. The summed E-state index contributed by atoms with van der Waals surface area (Å²) < 4.78 is 48.0. The number of carbonyl (C=O) groups excluding carboxylic acids is 2. The lowest BCUT2D eigenvalue weighted by molar-refractivity contribution is -0.221. The number of hydrogen-bond donors (Lipinski definition) is 2. The summed E-state index contributed by atoms with van der Waals surface area (Å²) in [5.74, 6) is 9.22. The number of pyridine rings is 2. The van der Waals surface area contributed by atoms with Gasteiger partial charge >= 0.3 is 11.9 Å². The van der Waals surface area contributed by atoms with E-state index < -0.39 is 20.7 Å². The standard InChI is InChI=1S/C53H81N3O3.C50H75N3O5S/c1-10-38-21-32-56(33-22-38)34-31-55-53-27-18-41(37(3)4)46(53)43-14-15-45-49(7)23-19-42(48(5,6)44(49)20-24-51(45,9)50(43,8)28-29-53)39-16-25-52(26-17-39,47(57)58-11-2)36-59-40-13-12-30-54-35-40;1-9-57-44(54)49(34-58-37-11-10-26-51-33-37)21-14-36(15-22-49)39-17-19-46(6)41(45(39,4)5)18-20-48(8)42(46)13-12-40-43-38(35(2)3)16-23-50(43,25-24-47(40,48)7)52-27-28-53-29-31-59(55,56)32-30-53/h12-13,16,19,30,35,38,41,43-46,55H,3,10-11,14-15,17-18,20-29,31-34,36H2,1-2,4-9H3;10-11,14,17,26,33,38,40-43,52H,2,9,12-13,15-16,18-25,27-32,34H2,1,3-8H3/t41-,43+,44-,45+,46+,49-,50+,51+,52?,53-;38-,40+,41-,42+,43+,46-,47+,48+,49?,50-/m00/s1. The summed E-state index contributed by atoms with van der Waals surface area (Å²) in [4.78, 5) is 40.6. The Kier molecular flexibility index (Phi) is 25.0. The van der Waals surface area contributed by atoms with Gasteiger partial charge in [-0.1, -0.05) is 131 Å². The fraction of sp³-hybridized carbons (Fsp3) is 0.767. The van der Waals surface area contributed by atoms with Crippen LogP contribution in [0.3, 0.4) is 0 Å². The number of aromatic nitrogens is 2. The Hall–Kier alpha value is -4.93. The molecule has 15 heteroatoms. The van der Waals surface area contributed by atoms with E-state index in [4.69, 9.17) is 18.9 Å². The van der Waals surface area contributed by atoms with Crippen molar-refractivity contribution in [3.8, 4) is 11.5 Å². The van der Waals surface area contributed by atoms with Crippen LogP contribution in [0, 0.1) is 119 Å². The maximum absolute atomic E-state index is 13.6. The molecule has 2 unspecified atom stereocenters. The van der Waals surface area contributed by atoms with Gasteiger partial charge < -0.3 is 39.4 Å². The third-order valence-corrected chi connectivity index (χ3v) is 40.1. The quantitative estimate of drug-likeness (QED) is 0.0798. The first-order valence-corrected chi connectivity index (χ1v) is 49.6. The highest BCUT2D eigenvalue weighted by molar-refractivity contribution is 7.91. The Balaban J connectivity index is 0.000000185. The Labute approximate surface area is 714 Å². The van der Waals surface area contributed by atoms with E-state index >= 15 is 0 Å². The van der Waals surface area contributed by atoms with Crippen molar-refractivity contribution in [1.82, 2.24) is 30.4 Å². The van der Waals surface area contributed by atoms with Crippen LogP contribution in [0.1, 0.15) is 277 Å². The summed E-state index contributed by atoms with van der Waals surface area (Å²) >= 11 is 0. The van der Waals surface area contributed by atoms with Gasteiger partial charge in [-0.15, -0.1) is 0 Å². The molecule has 16 rings (SSSR count). The van der Waals surface area contributed by atoms with Gasteiger partial charge in [0.05, 0.1) is 37.1 Å². The summed E-state index contributed by atoms with van der Waals surface area (Å²) in [7, 11) is -2.87. The van der Waals surface area contributed by atoms with E-state index in [9.17, 15) is 18.0 Å². The average Bonchev–Trinajstić information content (AvgIpc) is 1.09. The van der Waals surface area contributed by atoms with Crippen molar-refractivity contribution in [3.63, 3.8) is 0 Å². The van der Waals surface area contributed by atoms with Gasteiger partial charge in [0.25, 0.3) is 0 Å². The predicted octanol–water partition coefficient (Wildman–Crippen LogP) is 21.2. The average molecular weight is 1640 g/mol. The van der Waals surface area contributed by atoms with Crippen molar-refractivity contribution in [2.75, 3.05) is 90.3 Å². The molecule has 0 spiro atoms. The van der Waals surface area contributed by atoms with E-state index in [0.29, 0.717) is 134 Å². The zero-order valence-electron chi connectivity index (χ0n) is 76.1. The Bertz CT molecular complexity index is 4230. The molecule has 0 radical (unpaired) electrons. The lowest BCUT2D eigenvalue weighted by Gasteiger charge is -2.72. The summed E-state index contributed by atoms with van der Waals surface area (Å²) in [6.45, 7) is 56.2. The number of carbonyl (C=O) groups is 2. The molecular weight excluding hydrogens is 1480 g/mol. The van der Waals surface area contributed by atoms with Gasteiger partial charge in [-0.25, -0.2) is 8.42 Å². The number of piperidine rings is 1. The summed E-state index contributed by atoms with van der Waals surface area (Å²) in [5.41, 5.74) is 9.64. The van der Waals surface area contributed by atoms with Gasteiger partial charge in [0.1, 0.15) is 35.5 Å². The van der Waals surface area contributed by atoms with Gasteiger partial charge in [-0.05, 0) is 363 Å². The second kappa shape index (κ2) is 33.5. The van der Waals surface area contributed by atoms with E-state index in [0.717, 1.165) is 69.5 Å². The van der Waals surface area contributed by atoms with E-state index in [1.807, 2.05) is 38.1 Å². The summed E-state index contributed by atoms with van der Waals surface area (Å²) in [6, 6.07) is 7.55. The topological polar surface area (TPSA) is 162 Å². The third-order valence-electron chi connectivity index (χ3n) is 38.5. The highest BCUT2D eigenvalue weighted by atomic mass is 32.2. The molecule has 118 heavy (non-hydrogen) atoms. The predicted molar refractivity (Wildman–Crippen MR) is 477 cm³/mol. The number of sulfone groups is 1. The fourth-order valence-corrected chi connectivity index (χ4v) is 32.9. The molecule has 2 N–H and O–H groups in total. The van der Waals surface area contributed by atoms with Crippen molar-refractivity contribution in [2.45, 2.75) is 288 Å². The van der Waals surface area contributed by atoms with E-state index in [2.05, 4.69) is 158 Å². The first-order valence-electron chi connectivity index (χ1n) is 47.8. The van der Waals surface area contributed by atoms with Crippen LogP contribution in [0.15, 0.2) is 120 Å². The van der Waals surface area contributed by atoms with Crippen molar-refractivity contribution in [3.05, 3.63) is 120 Å². The minimum atomic E-state index is -2.87. The number of esters is 2. The second-order valence-corrected chi connectivity index (χ2v) is 46.4. The number of ether oxygens (including phenoxy) is 4. The molecule has 2 aromatic heterocycles. The van der Waals surface area contributed by atoms with E-state index in [1.165, 1.54) is 176 Å². The first-order chi connectivity index (χ1) is 56.1. The molecule has 8 saturated carbocycles. The molecule has 2 aromatic rings. The second-order valence-electron chi connectivity index (χ2n) is 44.1. The van der Waals surface area contributed by atoms with Crippen LogP contribution < -0.4 is 20.1 Å². The fourth-order valence-electron chi connectivity index (χ4n) is 31.6. The van der Waals surface area contributed by atoms with Gasteiger partial charge in [0.15, 0.2) is 9.84 Å². The molecule has 14 nitrogen and oxygen atoms in total. The van der Waals surface area contributed by atoms with Crippen molar-refractivity contribution < 1.29 is 37.0 Å². The number of nitrogens with one attached hydrogen (secondary N) is 2. The molecule has 0 aromatic carbocycles. The zero-order valence-corrected chi connectivity index (χ0v) is 77.0. The largest absolute Gasteiger partial charge is 0.491 e. The van der Waals surface area contributed by atoms with Crippen LogP contribution in [0.2, 0.25) is 0 Å². The molecule has 652 valence electrons. The van der Waals surface area contributed by atoms with Crippen LogP contribution in [-0.4, -0.2) is 141 Å². The minimum Gasteiger partial charge on any atom is -0.491 e. The number of hydrogen-bond acceptors (Lipinski definition) is 14.